The number of aryl methyl sites for hydroxylation is 1. The number of halogens is 1. The minimum absolute atomic E-state index is 0.00445. The summed E-state index contributed by atoms with van der Waals surface area (Å²) < 4.78 is 2.75. The van der Waals surface area contributed by atoms with Gasteiger partial charge >= 0.3 is 5.69 Å². The van der Waals surface area contributed by atoms with Gasteiger partial charge < -0.3 is 10.3 Å². The Morgan fingerprint density at radius 3 is 2.52 bits per heavy atom. The zero-order valence-electron chi connectivity index (χ0n) is 15.2. The van der Waals surface area contributed by atoms with Gasteiger partial charge in [-0.15, -0.1) is 0 Å². The van der Waals surface area contributed by atoms with Crippen molar-refractivity contribution >= 4 is 38.6 Å². The molecule has 1 aromatic heterocycles. The van der Waals surface area contributed by atoms with Crippen LogP contribution in [0.2, 0.25) is 0 Å². The molecule has 0 spiro atoms. The molecule has 5 nitrogen and oxygen atoms in total. The molecule has 0 aliphatic heterocycles. The van der Waals surface area contributed by atoms with Crippen molar-refractivity contribution in [3.8, 4) is 0 Å². The minimum atomic E-state index is -0.0792. The normalized spacial score (nSPS) is 19.9. The van der Waals surface area contributed by atoms with Gasteiger partial charge in [-0.1, -0.05) is 23.8 Å². The number of nitrogens with one attached hydrogen (secondary N) is 2. The summed E-state index contributed by atoms with van der Waals surface area (Å²) in [7, 11) is 0. The summed E-state index contributed by atoms with van der Waals surface area (Å²) in [4.78, 5) is 28.0. The summed E-state index contributed by atoms with van der Waals surface area (Å²) in [6.45, 7) is 2.03. The lowest BCUT2D eigenvalue weighted by molar-refractivity contribution is -0.121. The van der Waals surface area contributed by atoms with Gasteiger partial charge in [0.15, 0.2) is 0 Å². The number of hydrogen-bond donors (Lipinski definition) is 2. The predicted octanol–water partition coefficient (Wildman–Crippen LogP) is 4.77. The molecule has 0 saturated heterocycles. The quantitative estimate of drug-likeness (QED) is 0.631. The zero-order chi connectivity index (χ0) is 19.0. The third kappa shape index (κ3) is 3.58. The summed E-state index contributed by atoms with van der Waals surface area (Å²) in [5, 5.41) is 3.02. The number of anilines is 1. The van der Waals surface area contributed by atoms with Crippen molar-refractivity contribution in [2.24, 2.45) is 5.92 Å². The van der Waals surface area contributed by atoms with Crippen LogP contribution in [0.25, 0.3) is 11.0 Å². The average molecular weight is 428 g/mol. The van der Waals surface area contributed by atoms with E-state index in [1.165, 1.54) is 5.56 Å². The van der Waals surface area contributed by atoms with Crippen LogP contribution in [-0.4, -0.2) is 15.5 Å². The number of benzene rings is 2. The molecular weight excluding hydrogens is 406 g/mol. The molecule has 0 unspecified atom stereocenters. The van der Waals surface area contributed by atoms with Crippen LogP contribution in [0, 0.1) is 12.8 Å². The van der Waals surface area contributed by atoms with E-state index in [0.29, 0.717) is 0 Å². The first-order chi connectivity index (χ1) is 13.0. The highest BCUT2D eigenvalue weighted by Gasteiger charge is 2.29. The van der Waals surface area contributed by atoms with Gasteiger partial charge in [0.05, 0.1) is 11.0 Å². The van der Waals surface area contributed by atoms with Crippen molar-refractivity contribution in [1.29, 1.82) is 0 Å². The lowest BCUT2D eigenvalue weighted by Gasteiger charge is -2.28. The van der Waals surface area contributed by atoms with Crippen LogP contribution in [0.3, 0.4) is 0 Å². The van der Waals surface area contributed by atoms with Crippen LogP contribution >= 0.6 is 15.9 Å². The summed E-state index contributed by atoms with van der Waals surface area (Å²) in [5.74, 6) is 0.0709. The van der Waals surface area contributed by atoms with Gasteiger partial charge in [-0.25, -0.2) is 4.79 Å². The van der Waals surface area contributed by atoms with Gasteiger partial charge in [0, 0.05) is 22.1 Å². The Hall–Kier alpha value is -2.34. The highest BCUT2D eigenvalue weighted by Crippen LogP contribution is 2.34. The van der Waals surface area contributed by atoms with E-state index in [1.807, 2.05) is 54.0 Å². The van der Waals surface area contributed by atoms with E-state index < -0.39 is 0 Å². The van der Waals surface area contributed by atoms with E-state index in [4.69, 9.17) is 0 Å². The van der Waals surface area contributed by atoms with Crippen molar-refractivity contribution in [3.63, 3.8) is 0 Å². The Morgan fingerprint density at radius 2 is 1.81 bits per heavy atom. The average Bonchev–Trinajstić information content (AvgIpc) is 3.01. The monoisotopic (exact) mass is 427 g/mol. The fraction of sp³-hybridized carbons (Fsp3) is 0.333. The molecule has 1 fully saturated rings. The maximum atomic E-state index is 12.6. The predicted molar refractivity (Wildman–Crippen MR) is 111 cm³/mol. The number of aromatic amines is 1. The number of hydrogen-bond acceptors (Lipinski definition) is 2. The van der Waals surface area contributed by atoms with Crippen LogP contribution in [0.1, 0.15) is 37.3 Å². The molecule has 4 rings (SSSR count). The first-order valence-corrected chi connectivity index (χ1v) is 10.1. The van der Waals surface area contributed by atoms with Crippen LogP contribution < -0.4 is 11.0 Å². The van der Waals surface area contributed by atoms with Gasteiger partial charge in [0.25, 0.3) is 0 Å². The number of carbonyl (C=O) groups excluding carboxylic acids is 1. The lowest BCUT2D eigenvalue weighted by atomic mass is 9.85. The molecule has 0 bridgehead atoms. The van der Waals surface area contributed by atoms with Crippen molar-refractivity contribution < 1.29 is 4.79 Å². The number of H-pyrrole nitrogens is 1. The van der Waals surface area contributed by atoms with Crippen molar-refractivity contribution in [2.75, 3.05) is 5.32 Å². The van der Waals surface area contributed by atoms with E-state index >= 15 is 0 Å². The van der Waals surface area contributed by atoms with Crippen LogP contribution in [0.5, 0.6) is 0 Å². The number of carbonyl (C=O) groups is 1. The number of fused-ring (bicyclic) bond motifs is 1. The molecule has 1 aliphatic rings. The molecule has 140 valence electrons. The molecule has 2 aromatic carbocycles. The molecule has 1 saturated carbocycles. The second-order valence-corrected chi connectivity index (χ2v) is 8.15. The van der Waals surface area contributed by atoms with Crippen molar-refractivity contribution in [3.05, 3.63) is 63.0 Å². The van der Waals surface area contributed by atoms with Crippen molar-refractivity contribution in [1.82, 2.24) is 9.55 Å². The topological polar surface area (TPSA) is 66.9 Å². The van der Waals surface area contributed by atoms with Crippen LogP contribution in [0.15, 0.2) is 51.7 Å². The van der Waals surface area contributed by atoms with Gasteiger partial charge in [-0.2, -0.15) is 0 Å². The molecular formula is C21H22BrN3O2. The smallest absolute Gasteiger partial charge is 0.326 e. The van der Waals surface area contributed by atoms with Crippen LogP contribution in [0.4, 0.5) is 5.69 Å². The molecule has 27 heavy (non-hydrogen) atoms. The Morgan fingerprint density at radius 1 is 1.11 bits per heavy atom. The second kappa shape index (κ2) is 7.35. The molecule has 6 heteroatoms. The molecule has 1 heterocycles. The maximum Gasteiger partial charge on any atom is 0.326 e. The van der Waals surface area contributed by atoms with E-state index in [0.717, 1.165) is 46.9 Å². The lowest BCUT2D eigenvalue weighted by Crippen LogP contribution is -2.31. The van der Waals surface area contributed by atoms with Crippen LogP contribution in [-0.2, 0) is 4.79 Å². The maximum absolute atomic E-state index is 12.6. The number of rotatable bonds is 3. The summed E-state index contributed by atoms with van der Waals surface area (Å²) in [6.07, 6.45) is 3.22. The van der Waals surface area contributed by atoms with Crippen molar-refractivity contribution in [2.45, 2.75) is 38.6 Å². The second-order valence-electron chi connectivity index (χ2n) is 7.29. The Balaban J connectivity index is 1.45. The number of nitrogens with zero attached hydrogens (tertiary/aromatic N) is 1. The van der Waals surface area contributed by atoms with Gasteiger partial charge in [0.1, 0.15) is 0 Å². The highest BCUT2D eigenvalue weighted by molar-refractivity contribution is 9.10. The van der Waals surface area contributed by atoms with Gasteiger partial charge in [-0.3, -0.25) is 9.36 Å². The zero-order valence-corrected chi connectivity index (χ0v) is 16.8. The number of aromatic nitrogens is 2. The third-order valence-corrected chi connectivity index (χ3v) is 6.11. The van der Waals surface area contributed by atoms with E-state index in [2.05, 4.69) is 26.2 Å². The molecule has 0 radical (unpaired) electrons. The van der Waals surface area contributed by atoms with E-state index in [9.17, 15) is 9.59 Å². The first kappa shape index (κ1) is 18.0. The molecule has 0 atom stereocenters. The van der Waals surface area contributed by atoms with E-state index in [-0.39, 0.29) is 23.6 Å². The fourth-order valence-corrected chi connectivity index (χ4v) is 4.41. The Labute approximate surface area is 165 Å². The fourth-order valence-electron chi connectivity index (χ4n) is 3.95. The molecule has 1 aliphatic carbocycles. The molecule has 3 aromatic rings. The van der Waals surface area contributed by atoms with Gasteiger partial charge in [-0.05, 0) is 72.8 Å². The number of para-hydroxylation sites is 1. The molecule has 2 N–H and O–H groups in total. The third-order valence-electron chi connectivity index (χ3n) is 5.45. The largest absolute Gasteiger partial charge is 0.326 e. The molecule has 1 amide bonds. The standard InChI is InChI=1S/C21H22BrN3O2/c1-13-5-9-15(10-6-13)23-20(26)14-7-11-16(12-8-14)25-18-4-2-3-17(22)19(18)24-21(25)27/h2-6,9-10,14,16H,7-8,11-12H2,1H3,(H,23,26)(H,24,27). The minimum Gasteiger partial charge on any atom is -0.326 e. The number of amides is 1. The number of imidazole rings is 1. The van der Waals surface area contributed by atoms with E-state index in [1.54, 1.807) is 0 Å². The Kier molecular flexibility index (Phi) is 4.91. The Bertz CT molecular complexity index is 1030. The summed E-state index contributed by atoms with van der Waals surface area (Å²) >= 11 is 3.50. The van der Waals surface area contributed by atoms with Gasteiger partial charge in [0.2, 0.25) is 5.91 Å². The highest BCUT2D eigenvalue weighted by atomic mass is 79.9. The first-order valence-electron chi connectivity index (χ1n) is 9.29. The summed E-state index contributed by atoms with van der Waals surface area (Å²) in [6, 6.07) is 13.8. The SMILES string of the molecule is Cc1ccc(NC(=O)C2CCC(n3c(=O)[nH]c4c(Br)cccc43)CC2)cc1. The summed E-state index contributed by atoms with van der Waals surface area (Å²) in [5.41, 5.74) is 3.68.